The molecular formula is C15H22N2O2. The molecule has 2 rings (SSSR count). The van der Waals surface area contributed by atoms with E-state index in [-0.39, 0.29) is 12.5 Å². The first-order chi connectivity index (χ1) is 9.18. The Bertz CT molecular complexity index is 428. The molecule has 1 aromatic carbocycles. The lowest BCUT2D eigenvalue weighted by Crippen LogP contribution is -2.31. The molecule has 1 aromatic rings. The van der Waals surface area contributed by atoms with Gasteiger partial charge in [-0.3, -0.25) is 4.79 Å². The molecule has 0 bridgehead atoms. The monoisotopic (exact) mass is 262 g/mol. The van der Waals surface area contributed by atoms with Gasteiger partial charge < -0.3 is 15.7 Å². The average molecular weight is 262 g/mol. The molecule has 0 radical (unpaired) electrons. The van der Waals surface area contributed by atoms with Gasteiger partial charge in [-0.15, -0.1) is 0 Å². The number of hydrogen-bond donors (Lipinski definition) is 2. The summed E-state index contributed by atoms with van der Waals surface area (Å²) in [6, 6.07) is 7.92. The Morgan fingerprint density at radius 3 is 2.63 bits per heavy atom. The summed E-state index contributed by atoms with van der Waals surface area (Å²) in [5, 5.41) is 8.76. The average Bonchev–Trinajstić information content (AvgIpc) is 2.45. The molecule has 1 fully saturated rings. The van der Waals surface area contributed by atoms with E-state index in [4.69, 9.17) is 10.8 Å². The number of nitrogens with zero attached hydrogens (tertiary/aromatic N) is 1. The Labute approximate surface area is 114 Å². The Hall–Kier alpha value is -1.55. The van der Waals surface area contributed by atoms with Crippen molar-refractivity contribution in [3.05, 3.63) is 29.8 Å². The largest absolute Gasteiger partial charge is 0.481 e. The molecule has 0 saturated carbocycles. The van der Waals surface area contributed by atoms with Crippen LogP contribution in [0.25, 0.3) is 0 Å². The number of rotatable bonds is 5. The van der Waals surface area contributed by atoms with Crippen LogP contribution in [-0.4, -0.2) is 24.2 Å². The summed E-state index contributed by atoms with van der Waals surface area (Å²) in [5.74, 6) is -0.786. The lowest BCUT2D eigenvalue weighted by molar-refractivity contribution is -0.137. The maximum absolute atomic E-state index is 10.7. The molecule has 0 aliphatic carbocycles. The SMILES string of the molecule is NC(CCC(=O)O)c1ccccc1N1CCCCC1. The van der Waals surface area contributed by atoms with Crippen LogP contribution in [0.2, 0.25) is 0 Å². The smallest absolute Gasteiger partial charge is 0.303 e. The summed E-state index contributed by atoms with van der Waals surface area (Å²) in [5.41, 5.74) is 8.42. The first kappa shape index (κ1) is 13.9. The number of benzene rings is 1. The maximum atomic E-state index is 10.7. The molecule has 1 saturated heterocycles. The molecule has 0 amide bonds. The van der Waals surface area contributed by atoms with Crippen LogP contribution < -0.4 is 10.6 Å². The number of aliphatic carboxylic acids is 1. The van der Waals surface area contributed by atoms with Crippen molar-refractivity contribution in [1.29, 1.82) is 0 Å². The topological polar surface area (TPSA) is 66.6 Å². The van der Waals surface area contributed by atoms with E-state index in [9.17, 15) is 4.79 Å². The van der Waals surface area contributed by atoms with Gasteiger partial charge in [-0.25, -0.2) is 0 Å². The minimum absolute atomic E-state index is 0.121. The highest BCUT2D eigenvalue weighted by atomic mass is 16.4. The molecule has 1 unspecified atom stereocenters. The summed E-state index contributed by atoms with van der Waals surface area (Å²) in [6.45, 7) is 2.14. The molecular weight excluding hydrogens is 240 g/mol. The highest BCUT2D eigenvalue weighted by Crippen LogP contribution is 2.29. The van der Waals surface area contributed by atoms with E-state index >= 15 is 0 Å². The Kier molecular flexibility index (Phi) is 4.80. The van der Waals surface area contributed by atoms with Gasteiger partial charge in [-0.1, -0.05) is 18.2 Å². The minimum atomic E-state index is -0.786. The van der Waals surface area contributed by atoms with E-state index in [2.05, 4.69) is 11.0 Å². The standard InChI is InChI=1S/C15H22N2O2/c16-13(8-9-15(18)19)12-6-2-3-7-14(12)17-10-4-1-5-11-17/h2-3,6-7,13H,1,4-5,8-11,16H2,(H,18,19). The van der Waals surface area contributed by atoms with Gasteiger partial charge in [0.25, 0.3) is 0 Å². The van der Waals surface area contributed by atoms with Crippen molar-refractivity contribution in [3.63, 3.8) is 0 Å². The predicted octanol–water partition coefficient (Wildman–Crippen LogP) is 2.54. The van der Waals surface area contributed by atoms with Crippen LogP contribution in [0.5, 0.6) is 0 Å². The van der Waals surface area contributed by atoms with Crippen molar-refractivity contribution in [2.75, 3.05) is 18.0 Å². The zero-order chi connectivity index (χ0) is 13.7. The number of carbonyl (C=O) groups is 1. The molecule has 1 aliphatic rings. The van der Waals surface area contributed by atoms with Crippen molar-refractivity contribution in [2.24, 2.45) is 5.73 Å². The summed E-state index contributed by atoms with van der Waals surface area (Å²) in [4.78, 5) is 13.0. The Morgan fingerprint density at radius 1 is 1.26 bits per heavy atom. The minimum Gasteiger partial charge on any atom is -0.481 e. The van der Waals surface area contributed by atoms with E-state index < -0.39 is 5.97 Å². The Morgan fingerprint density at radius 2 is 1.95 bits per heavy atom. The zero-order valence-electron chi connectivity index (χ0n) is 11.2. The van der Waals surface area contributed by atoms with Crippen LogP contribution in [0.15, 0.2) is 24.3 Å². The number of piperidine rings is 1. The maximum Gasteiger partial charge on any atom is 0.303 e. The first-order valence-electron chi connectivity index (χ1n) is 6.99. The fourth-order valence-corrected chi connectivity index (χ4v) is 2.66. The number of para-hydroxylation sites is 1. The molecule has 0 aromatic heterocycles. The van der Waals surface area contributed by atoms with Gasteiger partial charge in [0.05, 0.1) is 0 Å². The third-order valence-electron chi connectivity index (χ3n) is 3.70. The second-order valence-electron chi connectivity index (χ2n) is 5.15. The van der Waals surface area contributed by atoms with Crippen LogP contribution in [0.1, 0.15) is 43.7 Å². The normalized spacial score (nSPS) is 17.2. The molecule has 0 spiro atoms. The van der Waals surface area contributed by atoms with E-state index in [1.54, 1.807) is 0 Å². The highest BCUT2D eigenvalue weighted by molar-refractivity contribution is 5.67. The predicted molar refractivity (Wildman–Crippen MR) is 76.3 cm³/mol. The van der Waals surface area contributed by atoms with Crippen molar-refractivity contribution >= 4 is 11.7 Å². The van der Waals surface area contributed by atoms with Gasteiger partial charge in [0.2, 0.25) is 0 Å². The third-order valence-corrected chi connectivity index (χ3v) is 3.70. The van der Waals surface area contributed by atoms with Crippen molar-refractivity contribution in [1.82, 2.24) is 0 Å². The van der Waals surface area contributed by atoms with Crippen LogP contribution in [-0.2, 0) is 4.79 Å². The van der Waals surface area contributed by atoms with Crippen LogP contribution in [0.3, 0.4) is 0 Å². The van der Waals surface area contributed by atoms with E-state index in [1.807, 2.05) is 18.2 Å². The number of carboxylic acids is 1. The molecule has 1 atom stereocenters. The molecule has 1 heterocycles. The van der Waals surface area contributed by atoms with Crippen LogP contribution >= 0.6 is 0 Å². The number of anilines is 1. The second kappa shape index (κ2) is 6.57. The summed E-state index contributed by atoms with van der Waals surface area (Å²) >= 11 is 0. The van der Waals surface area contributed by atoms with Crippen LogP contribution in [0, 0.1) is 0 Å². The first-order valence-corrected chi connectivity index (χ1v) is 6.99. The molecule has 104 valence electrons. The molecule has 3 N–H and O–H groups in total. The zero-order valence-corrected chi connectivity index (χ0v) is 11.2. The quantitative estimate of drug-likeness (QED) is 0.855. The fourth-order valence-electron chi connectivity index (χ4n) is 2.66. The lowest BCUT2D eigenvalue weighted by Gasteiger charge is -2.31. The summed E-state index contributed by atoms with van der Waals surface area (Å²) in [7, 11) is 0. The van der Waals surface area contributed by atoms with E-state index in [0.29, 0.717) is 6.42 Å². The van der Waals surface area contributed by atoms with Crippen LogP contribution in [0.4, 0.5) is 5.69 Å². The van der Waals surface area contributed by atoms with E-state index in [1.165, 1.54) is 24.9 Å². The number of hydrogen-bond acceptors (Lipinski definition) is 3. The molecule has 4 heteroatoms. The van der Waals surface area contributed by atoms with Gasteiger partial charge in [0.1, 0.15) is 0 Å². The van der Waals surface area contributed by atoms with Gasteiger partial charge in [0, 0.05) is 31.2 Å². The van der Waals surface area contributed by atoms with Gasteiger partial charge in [-0.2, -0.15) is 0 Å². The third kappa shape index (κ3) is 3.70. The molecule has 4 nitrogen and oxygen atoms in total. The van der Waals surface area contributed by atoms with Gasteiger partial charge >= 0.3 is 5.97 Å². The second-order valence-corrected chi connectivity index (χ2v) is 5.15. The molecule has 19 heavy (non-hydrogen) atoms. The number of nitrogens with two attached hydrogens (primary N) is 1. The number of carboxylic acid groups (broad SMARTS) is 1. The lowest BCUT2D eigenvalue weighted by atomic mass is 9.99. The molecule has 1 aliphatic heterocycles. The summed E-state index contributed by atoms with van der Waals surface area (Å²) < 4.78 is 0. The van der Waals surface area contributed by atoms with Crippen molar-refractivity contribution < 1.29 is 9.90 Å². The van der Waals surface area contributed by atoms with Gasteiger partial charge in [0.15, 0.2) is 0 Å². The van der Waals surface area contributed by atoms with Crippen molar-refractivity contribution in [2.45, 2.75) is 38.1 Å². The van der Waals surface area contributed by atoms with Crippen molar-refractivity contribution in [3.8, 4) is 0 Å². The van der Waals surface area contributed by atoms with Gasteiger partial charge in [-0.05, 0) is 37.3 Å². The van der Waals surface area contributed by atoms with E-state index in [0.717, 1.165) is 18.7 Å². The summed E-state index contributed by atoms with van der Waals surface area (Å²) in [6.07, 6.45) is 4.34. The highest BCUT2D eigenvalue weighted by Gasteiger charge is 2.18. The fraction of sp³-hybridized carbons (Fsp3) is 0.533. The Balaban J connectivity index is 2.12.